The molecule has 5 rings (SSSR count). The van der Waals surface area contributed by atoms with Crippen LogP contribution in [0.15, 0.2) is 29.6 Å². The van der Waals surface area contributed by atoms with E-state index >= 15 is 0 Å². The number of carbonyl (C=O) groups excluding carboxylic acids is 4. The van der Waals surface area contributed by atoms with Crippen LogP contribution in [0.3, 0.4) is 0 Å². The van der Waals surface area contributed by atoms with Crippen molar-refractivity contribution in [1.29, 1.82) is 0 Å². The highest BCUT2D eigenvalue weighted by atomic mass is 32.1. The number of fused-ring (bicyclic) bond motifs is 1. The zero-order valence-electron chi connectivity index (χ0n) is 20.4. The molecule has 2 aromatic rings. The smallest absolute Gasteiger partial charge is 0.324 e. The van der Waals surface area contributed by atoms with E-state index in [1.165, 1.54) is 4.90 Å². The lowest BCUT2D eigenvalue weighted by Crippen LogP contribution is -2.50. The SMILES string of the molecule is Cc1ccsc1C1CCC(C)(C)C(=O)N1CC(=O)Nc1ccc2c(c1)CC1(C2)C(=O)NC(=O)N1C. The van der Waals surface area contributed by atoms with Gasteiger partial charge >= 0.3 is 6.03 Å². The predicted octanol–water partition coefficient (Wildman–Crippen LogP) is 3.40. The summed E-state index contributed by atoms with van der Waals surface area (Å²) in [6.07, 6.45) is 2.45. The third kappa shape index (κ3) is 3.82. The summed E-state index contributed by atoms with van der Waals surface area (Å²) in [4.78, 5) is 55.3. The van der Waals surface area contributed by atoms with Crippen molar-refractivity contribution in [3.05, 3.63) is 51.2 Å². The highest BCUT2D eigenvalue weighted by Crippen LogP contribution is 2.43. The molecule has 2 saturated heterocycles. The van der Waals surface area contributed by atoms with Crippen molar-refractivity contribution in [2.75, 3.05) is 18.9 Å². The van der Waals surface area contributed by atoms with Crippen molar-refractivity contribution >= 4 is 40.8 Å². The molecule has 2 aliphatic heterocycles. The van der Waals surface area contributed by atoms with Gasteiger partial charge in [-0.2, -0.15) is 0 Å². The number of rotatable bonds is 4. The fourth-order valence-electron chi connectivity index (χ4n) is 5.60. The number of nitrogens with zero attached hydrogens (tertiary/aromatic N) is 2. The third-order valence-electron chi connectivity index (χ3n) is 7.82. The van der Waals surface area contributed by atoms with Crippen molar-refractivity contribution in [2.45, 2.75) is 58.0 Å². The number of hydrogen-bond acceptors (Lipinski definition) is 5. The number of thiophene rings is 1. The van der Waals surface area contributed by atoms with Crippen molar-refractivity contribution in [3.63, 3.8) is 0 Å². The second kappa shape index (κ2) is 8.19. The van der Waals surface area contributed by atoms with Crippen LogP contribution in [0.2, 0.25) is 0 Å². The quantitative estimate of drug-likeness (QED) is 0.637. The zero-order chi connectivity index (χ0) is 25.1. The molecule has 184 valence electrons. The number of carbonyl (C=O) groups is 4. The van der Waals surface area contributed by atoms with Gasteiger partial charge < -0.3 is 15.1 Å². The molecule has 9 heteroatoms. The van der Waals surface area contributed by atoms with E-state index in [0.717, 1.165) is 34.4 Å². The Morgan fingerprint density at radius 3 is 2.57 bits per heavy atom. The fraction of sp³-hybridized carbons (Fsp3) is 0.462. The molecule has 0 bridgehead atoms. The molecule has 0 radical (unpaired) electrons. The predicted molar refractivity (Wildman–Crippen MR) is 133 cm³/mol. The summed E-state index contributed by atoms with van der Waals surface area (Å²) in [6.45, 7) is 5.90. The summed E-state index contributed by atoms with van der Waals surface area (Å²) in [6, 6.07) is 7.14. The first-order valence-corrected chi connectivity index (χ1v) is 12.8. The minimum Gasteiger partial charge on any atom is -0.325 e. The molecule has 1 aromatic heterocycles. The molecule has 2 N–H and O–H groups in total. The number of benzene rings is 1. The van der Waals surface area contributed by atoms with Gasteiger partial charge in [-0.25, -0.2) is 4.79 Å². The van der Waals surface area contributed by atoms with Gasteiger partial charge in [0, 0.05) is 35.9 Å². The molecule has 2 atom stereocenters. The van der Waals surface area contributed by atoms with E-state index in [4.69, 9.17) is 0 Å². The Bertz CT molecular complexity index is 1250. The van der Waals surface area contributed by atoms with Crippen LogP contribution in [0.5, 0.6) is 0 Å². The summed E-state index contributed by atoms with van der Waals surface area (Å²) in [7, 11) is 1.64. The van der Waals surface area contributed by atoms with E-state index in [-0.39, 0.29) is 36.3 Å². The number of amides is 5. The number of aryl methyl sites for hydroxylation is 1. The molecule has 1 spiro atoms. The highest BCUT2D eigenvalue weighted by Gasteiger charge is 2.54. The lowest BCUT2D eigenvalue weighted by Gasteiger charge is -2.42. The largest absolute Gasteiger partial charge is 0.325 e. The van der Waals surface area contributed by atoms with E-state index in [1.807, 2.05) is 44.4 Å². The number of anilines is 1. The number of urea groups is 1. The highest BCUT2D eigenvalue weighted by molar-refractivity contribution is 7.10. The van der Waals surface area contributed by atoms with Crippen molar-refractivity contribution < 1.29 is 19.2 Å². The van der Waals surface area contributed by atoms with Crippen molar-refractivity contribution in [1.82, 2.24) is 15.1 Å². The molecule has 2 fully saturated rings. The van der Waals surface area contributed by atoms with E-state index in [0.29, 0.717) is 18.5 Å². The van der Waals surface area contributed by atoms with Crippen LogP contribution >= 0.6 is 11.3 Å². The van der Waals surface area contributed by atoms with Gasteiger partial charge in [0.05, 0.1) is 6.04 Å². The summed E-state index contributed by atoms with van der Waals surface area (Å²) in [5.74, 6) is -0.547. The molecule has 2 unspecified atom stereocenters. The third-order valence-corrected chi connectivity index (χ3v) is 8.94. The Hall–Kier alpha value is -3.20. The van der Waals surface area contributed by atoms with Gasteiger partial charge in [-0.05, 0) is 60.0 Å². The second-order valence-electron chi connectivity index (χ2n) is 10.6. The molecular weight excluding hydrogens is 464 g/mol. The standard InChI is InChI=1S/C26H30N4O4S/c1-15-8-10-35-21(15)19-7-9-25(2,3)23(33)30(19)14-20(31)27-18-6-5-16-12-26(13-17(16)11-18)22(32)28-24(34)29(26)4/h5-6,8,10-11,19H,7,9,12-14H2,1-4H3,(H,27,31)(H,28,32,34). The summed E-state index contributed by atoms with van der Waals surface area (Å²) >= 11 is 1.63. The zero-order valence-corrected chi connectivity index (χ0v) is 21.3. The van der Waals surface area contributed by atoms with Gasteiger partial charge in [0.2, 0.25) is 11.8 Å². The molecule has 8 nitrogen and oxygen atoms in total. The molecule has 0 saturated carbocycles. The Morgan fingerprint density at radius 1 is 1.17 bits per heavy atom. The molecule has 1 aromatic carbocycles. The first-order chi connectivity index (χ1) is 16.5. The Balaban J connectivity index is 1.33. The van der Waals surface area contributed by atoms with Crippen LogP contribution < -0.4 is 10.6 Å². The van der Waals surface area contributed by atoms with E-state index in [1.54, 1.807) is 23.3 Å². The molecule has 1 aliphatic carbocycles. The normalized spacial score (nSPS) is 25.3. The Kier molecular flexibility index (Phi) is 5.51. The van der Waals surface area contributed by atoms with Gasteiger partial charge in [-0.3, -0.25) is 19.7 Å². The van der Waals surface area contributed by atoms with E-state index in [9.17, 15) is 19.2 Å². The number of piperidine rings is 1. The van der Waals surface area contributed by atoms with Crippen molar-refractivity contribution in [3.8, 4) is 0 Å². The molecule has 3 heterocycles. The van der Waals surface area contributed by atoms with Gasteiger partial charge in [-0.15, -0.1) is 11.3 Å². The minimum absolute atomic E-state index is 0.00690. The number of likely N-dealkylation sites (N-methyl/N-ethyl adjacent to an activating group) is 1. The summed E-state index contributed by atoms with van der Waals surface area (Å²) in [5, 5.41) is 7.37. The first kappa shape index (κ1) is 23.5. The second-order valence-corrected chi connectivity index (χ2v) is 11.5. The maximum atomic E-state index is 13.3. The molecule has 3 aliphatic rings. The van der Waals surface area contributed by atoms with Gasteiger partial charge in [0.15, 0.2) is 0 Å². The fourth-order valence-corrected chi connectivity index (χ4v) is 6.68. The number of likely N-dealkylation sites (tertiary alicyclic amines) is 1. The average Bonchev–Trinajstić information content (AvgIpc) is 3.45. The van der Waals surface area contributed by atoms with Gasteiger partial charge in [-0.1, -0.05) is 19.9 Å². The van der Waals surface area contributed by atoms with Crippen LogP contribution in [-0.4, -0.2) is 52.7 Å². The van der Waals surface area contributed by atoms with Gasteiger partial charge in [0.25, 0.3) is 5.91 Å². The molecular formula is C26H30N4O4S. The lowest BCUT2D eigenvalue weighted by molar-refractivity contribution is -0.150. The topological polar surface area (TPSA) is 98.8 Å². The van der Waals surface area contributed by atoms with Crippen LogP contribution in [0, 0.1) is 12.3 Å². The molecule has 5 amide bonds. The maximum absolute atomic E-state index is 13.3. The minimum atomic E-state index is -0.903. The first-order valence-electron chi connectivity index (χ1n) is 11.9. The van der Waals surface area contributed by atoms with Crippen LogP contribution in [0.25, 0.3) is 0 Å². The number of hydrogen-bond donors (Lipinski definition) is 2. The summed E-state index contributed by atoms with van der Waals surface area (Å²) in [5.41, 5.74) is 2.27. The van der Waals surface area contributed by atoms with Crippen molar-refractivity contribution in [2.24, 2.45) is 5.41 Å². The van der Waals surface area contributed by atoms with E-state index < -0.39 is 11.0 Å². The number of nitrogens with one attached hydrogen (secondary N) is 2. The van der Waals surface area contributed by atoms with Crippen LogP contribution in [-0.2, 0) is 27.2 Å². The monoisotopic (exact) mass is 494 g/mol. The van der Waals surface area contributed by atoms with Crippen LogP contribution in [0.1, 0.15) is 54.3 Å². The van der Waals surface area contributed by atoms with Crippen LogP contribution in [0.4, 0.5) is 10.5 Å². The average molecular weight is 495 g/mol. The molecule has 35 heavy (non-hydrogen) atoms. The Morgan fingerprint density at radius 2 is 1.91 bits per heavy atom. The summed E-state index contributed by atoms with van der Waals surface area (Å²) < 4.78 is 0. The maximum Gasteiger partial charge on any atom is 0.324 e. The van der Waals surface area contributed by atoms with E-state index in [2.05, 4.69) is 16.7 Å². The lowest BCUT2D eigenvalue weighted by atomic mass is 9.79. The number of imide groups is 1. The van der Waals surface area contributed by atoms with Gasteiger partial charge in [0.1, 0.15) is 12.1 Å². The Labute approximate surface area is 208 Å².